The van der Waals surface area contributed by atoms with Gasteiger partial charge in [0.05, 0.1) is 11.4 Å². The second kappa shape index (κ2) is 9.06. The molecule has 30 heavy (non-hydrogen) atoms. The minimum Gasteiger partial charge on any atom is -0.339 e. The van der Waals surface area contributed by atoms with E-state index in [1.54, 1.807) is 41.3 Å². The molecule has 0 bridgehead atoms. The maximum atomic E-state index is 13.4. The molecule has 1 aliphatic rings. The minimum absolute atomic E-state index is 0.0378. The highest BCUT2D eigenvalue weighted by atomic mass is 35.5. The monoisotopic (exact) mass is 449 g/mol. The van der Waals surface area contributed by atoms with Crippen molar-refractivity contribution in [2.24, 2.45) is 0 Å². The zero-order valence-electron chi connectivity index (χ0n) is 16.9. The molecule has 0 atom stereocenters. The molecule has 1 heterocycles. The number of rotatable bonds is 4. The molecule has 3 amide bonds. The van der Waals surface area contributed by atoms with Crippen molar-refractivity contribution >= 4 is 33.6 Å². The van der Waals surface area contributed by atoms with Gasteiger partial charge in [-0.05, 0) is 30.7 Å². The predicted molar refractivity (Wildman–Crippen MR) is 115 cm³/mol. The largest absolute Gasteiger partial charge is 0.339 e. The lowest BCUT2D eigenvalue weighted by Gasteiger charge is -2.37. The van der Waals surface area contributed by atoms with Gasteiger partial charge in [0.1, 0.15) is 0 Å². The lowest BCUT2D eigenvalue weighted by atomic mass is 10.2. The van der Waals surface area contributed by atoms with Crippen LogP contribution in [0.4, 0.5) is 4.79 Å². The molecule has 2 aromatic rings. The van der Waals surface area contributed by atoms with Crippen molar-refractivity contribution in [3.05, 3.63) is 64.7 Å². The molecule has 3 rings (SSSR count). The summed E-state index contributed by atoms with van der Waals surface area (Å²) in [7, 11) is -4.11. The van der Waals surface area contributed by atoms with E-state index in [9.17, 15) is 18.0 Å². The van der Waals surface area contributed by atoms with Crippen molar-refractivity contribution in [1.29, 1.82) is 0 Å². The number of amides is 3. The zero-order chi connectivity index (χ0) is 21.9. The van der Waals surface area contributed by atoms with E-state index >= 15 is 0 Å². The first-order valence-electron chi connectivity index (χ1n) is 9.57. The number of benzene rings is 2. The fourth-order valence-corrected chi connectivity index (χ4v) is 4.80. The summed E-state index contributed by atoms with van der Waals surface area (Å²) in [4.78, 5) is 28.0. The first-order chi connectivity index (χ1) is 14.2. The van der Waals surface area contributed by atoms with E-state index in [1.807, 2.05) is 6.92 Å². The van der Waals surface area contributed by atoms with E-state index in [4.69, 9.17) is 11.6 Å². The number of halogens is 1. The Balaban J connectivity index is 1.93. The van der Waals surface area contributed by atoms with Crippen molar-refractivity contribution in [1.82, 2.24) is 14.1 Å². The number of sulfonamides is 1. The molecule has 2 aromatic carbocycles. The summed E-state index contributed by atoms with van der Waals surface area (Å²) < 4.78 is 27.6. The molecule has 0 spiro atoms. The minimum atomic E-state index is -4.11. The lowest BCUT2D eigenvalue weighted by Crippen LogP contribution is -2.54. The number of carbonyl (C=O) groups excluding carboxylic acids is 2. The highest BCUT2D eigenvalue weighted by Gasteiger charge is 2.34. The van der Waals surface area contributed by atoms with Crippen molar-refractivity contribution in [2.75, 3.05) is 26.2 Å². The number of carbonyl (C=O) groups is 2. The molecule has 0 radical (unpaired) electrons. The molecule has 0 aliphatic carbocycles. The van der Waals surface area contributed by atoms with Crippen molar-refractivity contribution < 1.29 is 18.0 Å². The van der Waals surface area contributed by atoms with Crippen molar-refractivity contribution in [3.63, 3.8) is 0 Å². The van der Waals surface area contributed by atoms with Crippen LogP contribution in [0.5, 0.6) is 0 Å². The zero-order valence-corrected chi connectivity index (χ0v) is 18.5. The summed E-state index contributed by atoms with van der Waals surface area (Å²) >= 11 is 6.24. The second-order valence-corrected chi connectivity index (χ2v) is 9.46. The average Bonchev–Trinajstić information content (AvgIpc) is 2.73. The summed E-state index contributed by atoms with van der Waals surface area (Å²) in [5.74, 6) is -0.0673. The van der Waals surface area contributed by atoms with Crippen LogP contribution in [0.2, 0.25) is 5.02 Å². The maximum absolute atomic E-state index is 13.4. The van der Waals surface area contributed by atoms with Crippen LogP contribution in [0.3, 0.4) is 0 Å². The number of aryl methyl sites for hydroxylation is 1. The highest BCUT2D eigenvalue weighted by molar-refractivity contribution is 7.89. The third-order valence-electron chi connectivity index (χ3n) is 5.09. The van der Waals surface area contributed by atoms with Crippen LogP contribution >= 0.6 is 11.6 Å². The molecule has 0 saturated carbocycles. The number of hydrogen-bond acceptors (Lipinski definition) is 4. The summed E-state index contributed by atoms with van der Waals surface area (Å²) in [5.41, 5.74) is 1.45. The van der Waals surface area contributed by atoms with Gasteiger partial charge in [0.25, 0.3) is 10.0 Å². The van der Waals surface area contributed by atoms with Gasteiger partial charge < -0.3 is 9.80 Å². The Morgan fingerprint density at radius 3 is 2.10 bits per heavy atom. The van der Waals surface area contributed by atoms with Gasteiger partial charge in [-0.15, -0.1) is 0 Å². The fourth-order valence-electron chi connectivity index (χ4n) is 3.24. The Morgan fingerprint density at radius 1 is 0.967 bits per heavy atom. The summed E-state index contributed by atoms with van der Waals surface area (Å²) in [6.07, 6.45) is 0. The van der Waals surface area contributed by atoms with Gasteiger partial charge in [-0.3, -0.25) is 4.79 Å². The van der Waals surface area contributed by atoms with Crippen molar-refractivity contribution in [3.8, 4) is 0 Å². The Kier molecular flexibility index (Phi) is 6.67. The van der Waals surface area contributed by atoms with E-state index in [2.05, 4.69) is 0 Å². The Bertz CT molecular complexity index is 1030. The van der Waals surface area contributed by atoms with Crippen LogP contribution in [0.15, 0.2) is 53.4 Å². The van der Waals surface area contributed by atoms with Gasteiger partial charge >= 0.3 is 6.03 Å². The fraction of sp³-hybridized carbons (Fsp3) is 0.333. The smallest absolute Gasteiger partial charge is 0.334 e. The predicted octanol–water partition coefficient (Wildman–Crippen LogP) is 3.12. The molecule has 7 nitrogen and oxygen atoms in total. The summed E-state index contributed by atoms with van der Waals surface area (Å²) in [6, 6.07) is 12.6. The van der Waals surface area contributed by atoms with Gasteiger partial charge in [0.2, 0.25) is 5.91 Å². The van der Waals surface area contributed by atoms with Crippen molar-refractivity contribution in [2.45, 2.75) is 25.3 Å². The van der Waals surface area contributed by atoms with Crippen LogP contribution in [-0.2, 0) is 21.4 Å². The molecule has 1 fully saturated rings. The standard InChI is InChI=1S/C21H24ClN3O4S/c1-16-7-9-19(10-8-16)30(28,29)25(15-18-5-3-4-6-20(18)22)21(27)24-13-11-23(12-14-24)17(2)26/h3-10H,11-15H2,1-2H3. The van der Waals surface area contributed by atoms with Crippen LogP contribution in [0.1, 0.15) is 18.1 Å². The van der Waals surface area contributed by atoms with Gasteiger partial charge in [0.15, 0.2) is 0 Å². The third kappa shape index (κ3) is 4.76. The SMILES string of the molecule is CC(=O)N1CCN(C(=O)N(Cc2ccccc2Cl)S(=O)(=O)c2ccc(C)cc2)CC1. The summed E-state index contributed by atoms with van der Waals surface area (Å²) in [5, 5.41) is 0.385. The van der Waals surface area contributed by atoms with Crippen LogP contribution in [0.25, 0.3) is 0 Å². The first-order valence-corrected chi connectivity index (χ1v) is 11.4. The molecule has 9 heteroatoms. The Hall–Kier alpha value is -2.58. The van der Waals surface area contributed by atoms with Crippen LogP contribution in [0, 0.1) is 6.92 Å². The highest BCUT2D eigenvalue weighted by Crippen LogP contribution is 2.24. The molecule has 0 N–H and O–H groups in total. The van der Waals surface area contributed by atoms with Crippen LogP contribution < -0.4 is 0 Å². The second-order valence-electron chi connectivity index (χ2n) is 7.19. The molecule has 0 aromatic heterocycles. The molecular weight excluding hydrogens is 426 g/mol. The first kappa shape index (κ1) is 22.1. The number of hydrogen-bond donors (Lipinski definition) is 0. The quantitative estimate of drug-likeness (QED) is 0.718. The van der Waals surface area contributed by atoms with Gasteiger partial charge in [-0.2, -0.15) is 0 Å². The molecule has 0 unspecified atom stereocenters. The average molecular weight is 450 g/mol. The summed E-state index contributed by atoms with van der Waals surface area (Å²) in [6.45, 7) is 4.42. The number of urea groups is 1. The maximum Gasteiger partial charge on any atom is 0.334 e. The van der Waals surface area contributed by atoms with Gasteiger partial charge in [0, 0.05) is 38.1 Å². The molecule has 1 saturated heterocycles. The van der Waals surface area contributed by atoms with E-state index in [0.717, 1.165) is 9.87 Å². The normalized spacial score (nSPS) is 14.5. The molecule has 160 valence electrons. The van der Waals surface area contributed by atoms with E-state index < -0.39 is 16.1 Å². The Morgan fingerprint density at radius 2 is 1.53 bits per heavy atom. The van der Waals surface area contributed by atoms with E-state index in [1.165, 1.54) is 24.0 Å². The van der Waals surface area contributed by atoms with Crippen LogP contribution in [-0.4, -0.2) is 60.6 Å². The Labute approximate surface area is 181 Å². The number of nitrogens with zero attached hydrogens (tertiary/aromatic N) is 3. The number of piperazine rings is 1. The topological polar surface area (TPSA) is 78.0 Å². The van der Waals surface area contributed by atoms with Gasteiger partial charge in [-0.1, -0.05) is 47.5 Å². The van der Waals surface area contributed by atoms with Gasteiger partial charge in [-0.25, -0.2) is 17.5 Å². The molecule has 1 aliphatic heterocycles. The van der Waals surface area contributed by atoms with E-state index in [0.29, 0.717) is 23.7 Å². The van der Waals surface area contributed by atoms with E-state index in [-0.39, 0.29) is 30.4 Å². The third-order valence-corrected chi connectivity index (χ3v) is 7.19. The lowest BCUT2D eigenvalue weighted by molar-refractivity contribution is -0.130. The molecular formula is C21H24ClN3O4S.